The summed E-state index contributed by atoms with van der Waals surface area (Å²) in [5.74, 6) is -0.250. The van der Waals surface area contributed by atoms with Gasteiger partial charge in [-0.3, -0.25) is 9.69 Å². The molecular formula is C11H31N3O. The normalized spacial score (nSPS) is 16.9. The third kappa shape index (κ3) is 9.69. The number of carbonyl (C=O) groups is 1. The molecule has 0 spiro atoms. The van der Waals surface area contributed by atoms with E-state index in [0.29, 0.717) is 12.6 Å². The van der Waals surface area contributed by atoms with E-state index >= 15 is 0 Å². The first-order valence-corrected chi connectivity index (χ1v) is 5.94. The number of hydrogen-bond acceptors (Lipinski definition) is 3. The minimum Gasteiger partial charge on any atom is -0.369 e. The summed E-state index contributed by atoms with van der Waals surface area (Å²) in [6.07, 6.45) is 1.96. The van der Waals surface area contributed by atoms with Crippen molar-refractivity contribution in [1.29, 1.82) is 0 Å². The summed E-state index contributed by atoms with van der Waals surface area (Å²) in [5, 5.41) is 0. The number of hydrogen-bond donors (Lipinski definition) is 2. The summed E-state index contributed by atoms with van der Waals surface area (Å²) in [4.78, 5) is 12.5. The summed E-state index contributed by atoms with van der Waals surface area (Å²) in [7, 11) is 0. The number of rotatable bonds is 2. The van der Waals surface area contributed by atoms with Crippen LogP contribution in [0.4, 0.5) is 0 Å². The number of piperidine rings is 1. The van der Waals surface area contributed by atoms with Crippen molar-refractivity contribution in [3.05, 3.63) is 0 Å². The zero-order valence-electron chi connectivity index (χ0n) is 10.6. The standard InChI is InChI=1S/C7H15N3O.2C2H6.2H2/c8-6-1-3-10(4-2-6)5-7(9)11;2*1-2;;/h6H,1-5,8H2,(H2,9,11);2*1-2H3;2*1H. The van der Waals surface area contributed by atoms with Crippen molar-refractivity contribution in [2.24, 2.45) is 11.5 Å². The first-order chi connectivity index (χ1) is 7.18. The van der Waals surface area contributed by atoms with Crippen molar-refractivity contribution in [1.82, 2.24) is 4.90 Å². The van der Waals surface area contributed by atoms with Gasteiger partial charge in [-0.25, -0.2) is 0 Å². The lowest BCUT2D eigenvalue weighted by molar-refractivity contribution is -0.119. The minimum absolute atomic E-state index is 0. The van der Waals surface area contributed by atoms with Gasteiger partial charge in [0.1, 0.15) is 0 Å². The van der Waals surface area contributed by atoms with Crippen molar-refractivity contribution < 1.29 is 7.65 Å². The van der Waals surface area contributed by atoms with Crippen LogP contribution in [-0.4, -0.2) is 36.5 Å². The van der Waals surface area contributed by atoms with E-state index in [1.165, 1.54) is 0 Å². The summed E-state index contributed by atoms with van der Waals surface area (Å²) < 4.78 is 0. The van der Waals surface area contributed by atoms with Crippen molar-refractivity contribution in [2.75, 3.05) is 19.6 Å². The molecule has 1 aliphatic rings. The maximum Gasteiger partial charge on any atom is 0.231 e. The van der Waals surface area contributed by atoms with Crippen LogP contribution in [0.15, 0.2) is 0 Å². The molecule has 0 atom stereocenters. The summed E-state index contributed by atoms with van der Waals surface area (Å²) in [5.41, 5.74) is 10.7. The molecule has 1 rings (SSSR count). The Hall–Kier alpha value is -0.610. The van der Waals surface area contributed by atoms with Gasteiger partial charge < -0.3 is 11.5 Å². The molecule has 0 radical (unpaired) electrons. The second-order valence-corrected chi connectivity index (χ2v) is 3.08. The maximum absolute atomic E-state index is 10.5. The smallest absolute Gasteiger partial charge is 0.231 e. The number of nitrogens with zero attached hydrogens (tertiary/aromatic N) is 1. The Bertz CT molecular complexity index is 152. The van der Waals surface area contributed by atoms with E-state index in [-0.39, 0.29) is 8.76 Å². The quantitative estimate of drug-likeness (QED) is 0.741. The highest BCUT2D eigenvalue weighted by Gasteiger charge is 2.16. The van der Waals surface area contributed by atoms with Gasteiger partial charge in [0.05, 0.1) is 6.54 Å². The predicted molar refractivity (Wildman–Crippen MR) is 69.8 cm³/mol. The van der Waals surface area contributed by atoms with E-state index in [9.17, 15) is 4.79 Å². The van der Waals surface area contributed by atoms with E-state index in [1.807, 2.05) is 32.6 Å². The van der Waals surface area contributed by atoms with Gasteiger partial charge in [0.15, 0.2) is 0 Å². The van der Waals surface area contributed by atoms with E-state index in [1.54, 1.807) is 0 Å². The van der Waals surface area contributed by atoms with Crippen LogP contribution in [0.5, 0.6) is 0 Å². The van der Waals surface area contributed by atoms with Crippen molar-refractivity contribution in [2.45, 2.75) is 46.6 Å². The van der Waals surface area contributed by atoms with E-state index in [0.717, 1.165) is 25.9 Å². The third-order valence-electron chi connectivity index (χ3n) is 2.01. The number of amides is 1. The van der Waals surface area contributed by atoms with Gasteiger partial charge in [-0.05, 0) is 12.8 Å². The fourth-order valence-electron chi connectivity index (χ4n) is 1.33. The zero-order valence-corrected chi connectivity index (χ0v) is 10.6. The first kappa shape index (κ1) is 16.8. The first-order valence-electron chi connectivity index (χ1n) is 5.94. The van der Waals surface area contributed by atoms with Crippen LogP contribution < -0.4 is 11.5 Å². The van der Waals surface area contributed by atoms with Gasteiger partial charge in [0.25, 0.3) is 0 Å². The number of carbonyl (C=O) groups excluding carboxylic acids is 1. The van der Waals surface area contributed by atoms with Gasteiger partial charge >= 0.3 is 0 Å². The summed E-state index contributed by atoms with van der Waals surface area (Å²) >= 11 is 0. The van der Waals surface area contributed by atoms with E-state index < -0.39 is 0 Å². The fraction of sp³-hybridized carbons (Fsp3) is 0.909. The van der Waals surface area contributed by atoms with Gasteiger partial charge in [-0.1, -0.05) is 27.7 Å². The van der Waals surface area contributed by atoms with Gasteiger partial charge in [-0.2, -0.15) is 0 Å². The molecular weight excluding hydrogens is 190 g/mol. The average Bonchev–Trinajstić information content (AvgIpc) is 2.27. The third-order valence-corrected chi connectivity index (χ3v) is 2.01. The predicted octanol–water partition coefficient (Wildman–Crippen LogP) is 1.44. The highest BCUT2D eigenvalue weighted by molar-refractivity contribution is 5.75. The molecule has 4 N–H and O–H groups in total. The molecule has 4 nitrogen and oxygen atoms in total. The second kappa shape index (κ2) is 11.5. The van der Waals surface area contributed by atoms with E-state index in [4.69, 9.17) is 11.5 Å². The van der Waals surface area contributed by atoms with Crippen LogP contribution in [0.2, 0.25) is 0 Å². The van der Waals surface area contributed by atoms with Crippen LogP contribution in [0, 0.1) is 0 Å². The number of primary amides is 1. The van der Waals surface area contributed by atoms with Gasteiger partial charge in [0.2, 0.25) is 5.91 Å². The van der Waals surface area contributed by atoms with Crippen LogP contribution in [0.25, 0.3) is 0 Å². The molecule has 1 amide bonds. The van der Waals surface area contributed by atoms with Crippen LogP contribution in [0.3, 0.4) is 0 Å². The Kier molecular flexibility index (Phi) is 12.8. The maximum atomic E-state index is 10.5. The summed E-state index contributed by atoms with van der Waals surface area (Å²) in [6.45, 7) is 10.2. The molecule has 1 saturated heterocycles. The lowest BCUT2D eigenvalue weighted by Crippen LogP contribution is -2.43. The Labute approximate surface area is 97.0 Å². The fourth-order valence-corrected chi connectivity index (χ4v) is 1.33. The molecule has 0 unspecified atom stereocenters. The van der Waals surface area contributed by atoms with Gasteiger partial charge in [-0.15, -0.1) is 0 Å². The molecule has 0 aromatic carbocycles. The molecule has 0 bridgehead atoms. The average molecular weight is 221 g/mol. The van der Waals surface area contributed by atoms with Crippen molar-refractivity contribution >= 4 is 5.91 Å². The molecule has 0 aromatic heterocycles. The molecule has 4 heteroatoms. The van der Waals surface area contributed by atoms with Crippen LogP contribution in [0.1, 0.15) is 43.4 Å². The van der Waals surface area contributed by atoms with Crippen molar-refractivity contribution in [3.8, 4) is 0 Å². The van der Waals surface area contributed by atoms with E-state index in [2.05, 4.69) is 0 Å². The highest BCUT2D eigenvalue weighted by Crippen LogP contribution is 2.06. The monoisotopic (exact) mass is 221 g/mol. The van der Waals surface area contributed by atoms with Crippen LogP contribution >= 0.6 is 0 Å². The molecule has 1 heterocycles. The molecule has 0 aromatic rings. The second-order valence-electron chi connectivity index (χ2n) is 3.08. The number of likely N-dealkylation sites (tertiary alicyclic amines) is 1. The Morgan fingerprint density at radius 3 is 2.00 bits per heavy atom. The van der Waals surface area contributed by atoms with Crippen LogP contribution in [-0.2, 0) is 4.79 Å². The lowest BCUT2D eigenvalue weighted by atomic mass is 10.1. The van der Waals surface area contributed by atoms with Crippen molar-refractivity contribution in [3.63, 3.8) is 0 Å². The Morgan fingerprint density at radius 1 is 1.27 bits per heavy atom. The molecule has 96 valence electrons. The highest BCUT2D eigenvalue weighted by atomic mass is 16.1. The minimum atomic E-state index is -0.250. The molecule has 1 aliphatic heterocycles. The Morgan fingerprint density at radius 2 is 1.67 bits per heavy atom. The molecule has 0 aliphatic carbocycles. The molecule has 1 fully saturated rings. The topological polar surface area (TPSA) is 72.4 Å². The largest absolute Gasteiger partial charge is 0.369 e. The van der Waals surface area contributed by atoms with Gasteiger partial charge in [0, 0.05) is 22.0 Å². The summed E-state index contributed by atoms with van der Waals surface area (Å²) in [6, 6.07) is 0.319. The molecule has 15 heavy (non-hydrogen) atoms. The zero-order chi connectivity index (χ0) is 12.3. The Balaban J connectivity index is -0.000000128. The SMILES string of the molecule is CC.CC.NC(=O)CN1CCC(N)CC1.[HH].[HH]. The molecule has 0 saturated carbocycles. The number of nitrogens with two attached hydrogens (primary N) is 2. The lowest BCUT2D eigenvalue weighted by Gasteiger charge is -2.28.